The van der Waals surface area contributed by atoms with E-state index >= 15 is 0 Å². The molecule has 1 aliphatic heterocycles. The molecule has 0 amide bonds. The van der Waals surface area contributed by atoms with Gasteiger partial charge >= 0.3 is 0 Å². The van der Waals surface area contributed by atoms with Gasteiger partial charge in [-0.15, -0.1) is 0 Å². The van der Waals surface area contributed by atoms with E-state index in [9.17, 15) is 0 Å². The first-order valence-corrected chi connectivity index (χ1v) is 4.71. The Morgan fingerprint density at radius 3 is 3.08 bits per heavy atom. The van der Waals surface area contributed by atoms with Crippen LogP contribution in [0.15, 0.2) is 6.07 Å². The first kappa shape index (κ1) is 7.87. The third-order valence-corrected chi connectivity index (χ3v) is 2.79. The van der Waals surface area contributed by atoms with Crippen LogP contribution in [-0.2, 0) is 19.4 Å². The lowest BCUT2D eigenvalue weighted by Crippen LogP contribution is -2.04. The molecule has 0 spiro atoms. The van der Waals surface area contributed by atoms with Crippen LogP contribution in [0.25, 0.3) is 0 Å². The van der Waals surface area contributed by atoms with Gasteiger partial charge in [0.2, 0.25) is 0 Å². The molecule has 2 heterocycles. The summed E-state index contributed by atoms with van der Waals surface area (Å²) in [5, 5.41) is 0. The Labute approximate surface area is 73.4 Å². The fraction of sp³-hybridized carbons (Fsp3) is 0.600. The lowest BCUT2D eigenvalue weighted by Gasteiger charge is -2.02. The Balaban J connectivity index is 2.34. The monoisotopic (exact) mass is 164 g/mol. The van der Waals surface area contributed by atoms with E-state index in [0.29, 0.717) is 0 Å². The van der Waals surface area contributed by atoms with Crippen LogP contribution in [0.1, 0.15) is 23.4 Å². The van der Waals surface area contributed by atoms with E-state index in [-0.39, 0.29) is 0 Å². The molecule has 2 rings (SSSR count). The molecular formula is C10H16N2. The molecule has 0 saturated heterocycles. The molecule has 2 N–H and O–H groups in total. The molecule has 0 atom stereocenters. The summed E-state index contributed by atoms with van der Waals surface area (Å²) < 4.78 is 2.44. The summed E-state index contributed by atoms with van der Waals surface area (Å²) in [5.74, 6) is 0. The number of fused-ring (bicyclic) bond motifs is 1. The largest absolute Gasteiger partial charge is 0.349 e. The maximum absolute atomic E-state index is 5.54. The van der Waals surface area contributed by atoms with E-state index < -0.39 is 0 Å². The molecular weight excluding hydrogens is 148 g/mol. The average molecular weight is 164 g/mol. The molecule has 2 nitrogen and oxygen atoms in total. The van der Waals surface area contributed by atoms with Crippen molar-refractivity contribution >= 4 is 0 Å². The summed E-state index contributed by atoms with van der Waals surface area (Å²) in [6.45, 7) is 4.19. The third kappa shape index (κ3) is 1.07. The molecule has 12 heavy (non-hydrogen) atoms. The van der Waals surface area contributed by atoms with Crippen molar-refractivity contribution in [2.45, 2.75) is 32.7 Å². The first-order valence-electron chi connectivity index (χ1n) is 4.71. The van der Waals surface area contributed by atoms with Gasteiger partial charge < -0.3 is 10.3 Å². The molecule has 0 fully saturated rings. The predicted octanol–water partition coefficient (Wildman–Crippen LogP) is 1.24. The highest BCUT2D eigenvalue weighted by molar-refractivity contribution is 5.29. The second-order valence-electron chi connectivity index (χ2n) is 3.54. The lowest BCUT2D eigenvalue weighted by atomic mass is 10.1. The highest BCUT2D eigenvalue weighted by atomic mass is 15.0. The Hall–Kier alpha value is -0.760. The fourth-order valence-corrected chi connectivity index (χ4v) is 2.12. The molecule has 1 aromatic heterocycles. The van der Waals surface area contributed by atoms with Crippen molar-refractivity contribution in [3.05, 3.63) is 23.0 Å². The summed E-state index contributed by atoms with van der Waals surface area (Å²) in [5.41, 5.74) is 9.94. The Morgan fingerprint density at radius 2 is 2.42 bits per heavy atom. The zero-order valence-corrected chi connectivity index (χ0v) is 7.64. The van der Waals surface area contributed by atoms with E-state index in [1.165, 1.54) is 36.3 Å². The van der Waals surface area contributed by atoms with E-state index in [2.05, 4.69) is 17.6 Å². The molecule has 0 radical (unpaired) electrons. The van der Waals surface area contributed by atoms with Gasteiger partial charge in [0, 0.05) is 17.9 Å². The Morgan fingerprint density at radius 1 is 1.58 bits per heavy atom. The minimum atomic E-state index is 0.768. The van der Waals surface area contributed by atoms with Crippen LogP contribution in [0.4, 0.5) is 0 Å². The number of nitrogens with two attached hydrogens (primary N) is 1. The summed E-state index contributed by atoms with van der Waals surface area (Å²) in [6, 6.07) is 2.33. The number of aryl methyl sites for hydroxylation is 1. The number of nitrogens with zero attached hydrogens (tertiary/aromatic N) is 1. The van der Waals surface area contributed by atoms with Gasteiger partial charge in [0.15, 0.2) is 0 Å². The van der Waals surface area contributed by atoms with Gasteiger partial charge in [0.25, 0.3) is 0 Å². The zero-order valence-electron chi connectivity index (χ0n) is 7.64. The first-order chi connectivity index (χ1) is 5.83. The SMILES string of the molecule is Cc1c(CCN)cc2n1CCC2. The van der Waals surface area contributed by atoms with Gasteiger partial charge in [-0.05, 0) is 44.4 Å². The van der Waals surface area contributed by atoms with Crippen LogP contribution in [0.2, 0.25) is 0 Å². The van der Waals surface area contributed by atoms with Crippen molar-refractivity contribution < 1.29 is 0 Å². The van der Waals surface area contributed by atoms with E-state index in [1.807, 2.05) is 0 Å². The van der Waals surface area contributed by atoms with Gasteiger partial charge in [-0.2, -0.15) is 0 Å². The molecule has 0 aliphatic carbocycles. The molecule has 66 valence electrons. The van der Waals surface area contributed by atoms with Crippen molar-refractivity contribution in [1.29, 1.82) is 0 Å². The second-order valence-corrected chi connectivity index (χ2v) is 3.54. The van der Waals surface area contributed by atoms with E-state index in [0.717, 1.165) is 13.0 Å². The van der Waals surface area contributed by atoms with Gasteiger partial charge in [-0.25, -0.2) is 0 Å². The summed E-state index contributed by atoms with van der Waals surface area (Å²) in [7, 11) is 0. The highest BCUT2D eigenvalue weighted by Gasteiger charge is 2.15. The lowest BCUT2D eigenvalue weighted by molar-refractivity contribution is 0.722. The van der Waals surface area contributed by atoms with Gasteiger partial charge in [-0.1, -0.05) is 0 Å². The molecule has 0 saturated carbocycles. The number of hydrogen-bond donors (Lipinski definition) is 1. The quantitative estimate of drug-likeness (QED) is 0.700. The zero-order chi connectivity index (χ0) is 8.55. The van der Waals surface area contributed by atoms with Gasteiger partial charge in [0.1, 0.15) is 0 Å². The number of aromatic nitrogens is 1. The number of rotatable bonds is 2. The van der Waals surface area contributed by atoms with Crippen molar-refractivity contribution in [2.75, 3.05) is 6.54 Å². The van der Waals surface area contributed by atoms with E-state index in [4.69, 9.17) is 5.73 Å². The van der Waals surface area contributed by atoms with Crippen molar-refractivity contribution in [2.24, 2.45) is 5.73 Å². The average Bonchev–Trinajstić information content (AvgIpc) is 2.58. The second kappa shape index (κ2) is 2.94. The molecule has 1 aliphatic rings. The van der Waals surface area contributed by atoms with Crippen molar-refractivity contribution in [3.8, 4) is 0 Å². The highest BCUT2D eigenvalue weighted by Crippen LogP contribution is 2.22. The van der Waals surface area contributed by atoms with Crippen LogP contribution >= 0.6 is 0 Å². The van der Waals surface area contributed by atoms with Crippen LogP contribution in [0.5, 0.6) is 0 Å². The Kier molecular flexibility index (Phi) is 1.93. The summed E-state index contributed by atoms with van der Waals surface area (Å²) in [6.07, 6.45) is 3.61. The van der Waals surface area contributed by atoms with Crippen LogP contribution in [-0.4, -0.2) is 11.1 Å². The summed E-state index contributed by atoms with van der Waals surface area (Å²) >= 11 is 0. The molecule has 1 aromatic rings. The van der Waals surface area contributed by atoms with Crippen LogP contribution in [0, 0.1) is 6.92 Å². The van der Waals surface area contributed by atoms with Gasteiger partial charge in [-0.3, -0.25) is 0 Å². The van der Waals surface area contributed by atoms with E-state index in [1.54, 1.807) is 0 Å². The predicted molar refractivity (Wildman–Crippen MR) is 50.2 cm³/mol. The van der Waals surface area contributed by atoms with Gasteiger partial charge in [0.05, 0.1) is 0 Å². The Bertz CT molecular complexity index is 286. The summed E-state index contributed by atoms with van der Waals surface area (Å²) in [4.78, 5) is 0. The van der Waals surface area contributed by atoms with Crippen LogP contribution < -0.4 is 5.73 Å². The van der Waals surface area contributed by atoms with Crippen LogP contribution in [0.3, 0.4) is 0 Å². The molecule has 2 heteroatoms. The molecule has 0 bridgehead atoms. The third-order valence-electron chi connectivity index (χ3n) is 2.79. The topological polar surface area (TPSA) is 30.9 Å². The fourth-order valence-electron chi connectivity index (χ4n) is 2.12. The smallest absolute Gasteiger partial charge is 0.0228 e. The number of hydrogen-bond acceptors (Lipinski definition) is 1. The standard InChI is InChI=1S/C10H16N2/c1-8-9(4-5-11)7-10-3-2-6-12(8)10/h7H,2-6,11H2,1H3. The minimum absolute atomic E-state index is 0.768. The maximum atomic E-state index is 5.54. The van der Waals surface area contributed by atoms with Crippen molar-refractivity contribution in [3.63, 3.8) is 0 Å². The maximum Gasteiger partial charge on any atom is 0.0228 e. The normalized spacial score (nSPS) is 15.2. The van der Waals surface area contributed by atoms with Crippen molar-refractivity contribution in [1.82, 2.24) is 4.57 Å². The molecule has 0 unspecified atom stereocenters. The minimum Gasteiger partial charge on any atom is -0.349 e. The molecule has 0 aromatic carbocycles.